The SMILES string of the molecule is CCN(CCO)CC(CBr)C(C)(C)C. The van der Waals surface area contributed by atoms with Gasteiger partial charge in [-0.15, -0.1) is 0 Å². The monoisotopic (exact) mass is 265 g/mol. The van der Waals surface area contributed by atoms with Gasteiger partial charge in [0.15, 0.2) is 0 Å². The fourth-order valence-electron chi connectivity index (χ4n) is 1.39. The summed E-state index contributed by atoms with van der Waals surface area (Å²) in [6, 6.07) is 0. The van der Waals surface area contributed by atoms with E-state index in [9.17, 15) is 0 Å². The number of hydrogen-bond acceptors (Lipinski definition) is 2. The second kappa shape index (κ2) is 6.81. The highest BCUT2D eigenvalue weighted by Crippen LogP contribution is 2.28. The molecule has 1 N–H and O–H groups in total. The third-order valence-electron chi connectivity index (χ3n) is 2.75. The molecule has 0 heterocycles. The fourth-order valence-corrected chi connectivity index (χ4v) is 2.56. The van der Waals surface area contributed by atoms with Crippen LogP contribution >= 0.6 is 15.9 Å². The van der Waals surface area contributed by atoms with Gasteiger partial charge in [0, 0.05) is 18.4 Å². The van der Waals surface area contributed by atoms with E-state index in [0.29, 0.717) is 11.3 Å². The third-order valence-corrected chi connectivity index (χ3v) is 3.53. The maximum absolute atomic E-state index is 8.90. The van der Waals surface area contributed by atoms with Gasteiger partial charge >= 0.3 is 0 Å². The molecule has 3 heteroatoms. The van der Waals surface area contributed by atoms with Gasteiger partial charge in [-0.05, 0) is 17.9 Å². The van der Waals surface area contributed by atoms with Crippen LogP contribution < -0.4 is 0 Å². The predicted octanol–water partition coefficient (Wildman–Crippen LogP) is 2.36. The van der Waals surface area contributed by atoms with Crippen LogP contribution in [0.4, 0.5) is 0 Å². The smallest absolute Gasteiger partial charge is 0.0558 e. The quantitative estimate of drug-likeness (QED) is 0.746. The predicted molar refractivity (Wildman–Crippen MR) is 65.9 cm³/mol. The summed E-state index contributed by atoms with van der Waals surface area (Å²) in [6.07, 6.45) is 0. The first-order chi connectivity index (χ1) is 6.45. The van der Waals surface area contributed by atoms with Gasteiger partial charge in [-0.3, -0.25) is 0 Å². The van der Waals surface area contributed by atoms with Gasteiger partial charge in [-0.25, -0.2) is 0 Å². The van der Waals surface area contributed by atoms with Crippen molar-refractivity contribution < 1.29 is 5.11 Å². The van der Waals surface area contributed by atoms with Gasteiger partial charge < -0.3 is 10.0 Å². The molecule has 0 radical (unpaired) electrons. The lowest BCUT2D eigenvalue weighted by Gasteiger charge is -2.33. The second-order valence-electron chi connectivity index (χ2n) is 4.83. The van der Waals surface area contributed by atoms with Crippen molar-refractivity contribution >= 4 is 15.9 Å². The molecule has 0 aliphatic heterocycles. The average Bonchev–Trinajstić information content (AvgIpc) is 2.10. The number of alkyl halides is 1. The van der Waals surface area contributed by atoms with Gasteiger partial charge in [0.2, 0.25) is 0 Å². The summed E-state index contributed by atoms with van der Waals surface area (Å²) in [5.74, 6) is 0.633. The molecule has 0 saturated heterocycles. The maximum Gasteiger partial charge on any atom is 0.0558 e. The summed E-state index contributed by atoms with van der Waals surface area (Å²) in [7, 11) is 0. The lowest BCUT2D eigenvalue weighted by Crippen LogP contribution is -2.37. The zero-order valence-corrected chi connectivity index (χ0v) is 11.5. The largest absolute Gasteiger partial charge is 0.395 e. The maximum atomic E-state index is 8.90. The zero-order valence-electron chi connectivity index (χ0n) is 9.89. The molecule has 0 aromatic heterocycles. The molecule has 0 aliphatic carbocycles. The number of hydrogen-bond donors (Lipinski definition) is 1. The molecule has 0 amide bonds. The molecule has 0 fully saturated rings. The van der Waals surface area contributed by atoms with Gasteiger partial charge in [0.1, 0.15) is 0 Å². The van der Waals surface area contributed by atoms with Crippen LogP contribution in [0.5, 0.6) is 0 Å². The molecule has 0 aromatic rings. The number of nitrogens with zero attached hydrogens (tertiary/aromatic N) is 1. The van der Waals surface area contributed by atoms with E-state index in [0.717, 1.165) is 25.0 Å². The van der Waals surface area contributed by atoms with Crippen molar-refractivity contribution in [3.05, 3.63) is 0 Å². The van der Waals surface area contributed by atoms with Crippen LogP contribution in [0.25, 0.3) is 0 Å². The Morgan fingerprint density at radius 3 is 2.21 bits per heavy atom. The lowest BCUT2D eigenvalue weighted by molar-refractivity contribution is 0.144. The van der Waals surface area contributed by atoms with E-state index in [1.54, 1.807) is 0 Å². The van der Waals surface area contributed by atoms with E-state index in [4.69, 9.17) is 5.11 Å². The Bertz CT molecular complexity index is 145. The summed E-state index contributed by atoms with van der Waals surface area (Å²) in [5, 5.41) is 9.93. The van der Waals surface area contributed by atoms with Crippen molar-refractivity contribution in [1.82, 2.24) is 4.90 Å². The van der Waals surface area contributed by atoms with Crippen LogP contribution in [0.1, 0.15) is 27.7 Å². The van der Waals surface area contributed by atoms with E-state index in [2.05, 4.69) is 48.5 Å². The number of aliphatic hydroxyl groups is 1. The van der Waals surface area contributed by atoms with Gasteiger partial charge in [-0.2, -0.15) is 0 Å². The summed E-state index contributed by atoms with van der Waals surface area (Å²) in [5.41, 5.74) is 0.326. The number of halogens is 1. The minimum atomic E-state index is 0.257. The summed E-state index contributed by atoms with van der Waals surface area (Å²) >= 11 is 3.57. The van der Waals surface area contributed by atoms with Crippen molar-refractivity contribution in [2.24, 2.45) is 11.3 Å². The second-order valence-corrected chi connectivity index (χ2v) is 5.48. The van der Waals surface area contributed by atoms with Gasteiger partial charge in [-0.1, -0.05) is 43.6 Å². The van der Waals surface area contributed by atoms with Crippen LogP contribution in [0, 0.1) is 11.3 Å². The van der Waals surface area contributed by atoms with Crippen LogP contribution in [0.15, 0.2) is 0 Å². The summed E-state index contributed by atoms with van der Waals surface area (Å²) in [6.45, 7) is 12.1. The first-order valence-electron chi connectivity index (χ1n) is 5.34. The summed E-state index contributed by atoms with van der Waals surface area (Å²) in [4.78, 5) is 2.30. The van der Waals surface area contributed by atoms with Crippen molar-refractivity contribution in [2.75, 3.05) is 31.6 Å². The topological polar surface area (TPSA) is 23.5 Å². The Hall–Kier alpha value is 0.400. The lowest BCUT2D eigenvalue weighted by atomic mass is 9.82. The standard InChI is InChI=1S/C11H24BrNO/c1-5-13(6-7-14)9-10(8-12)11(2,3)4/h10,14H,5-9H2,1-4H3. The molecule has 0 rings (SSSR count). The number of rotatable bonds is 6. The molecule has 0 bridgehead atoms. The van der Waals surface area contributed by atoms with Gasteiger partial charge in [0.05, 0.1) is 6.61 Å². The minimum Gasteiger partial charge on any atom is -0.395 e. The normalized spacial score (nSPS) is 14.8. The van der Waals surface area contributed by atoms with Crippen LogP contribution in [0.2, 0.25) is 0 Å². The van der Waals surface area contributed by atoms with E-state index in [1.807, 2.05) is 0 Å². The molecule has 2 nitrogen and oxygen atoms in total. The average molecular weight is 266 g/mol. The number of aliphatic hydroxyl groups excluding tert-OH is 1. The van der Waals surface area contributed by atoms with E-state index in [-0.39, 0.29) is 6.61 Å². The Kier molecular flexibility index (Phi) is 7.00. The molecule has 1 atom stereocenters. The Balaban J connectivity index is 4.14. The molecule has 0 spiro atoms. The van der Waals surface area contributed by atoms with E-state index < -0.39 is 0 Å². The van der Waals surface area contributed by atoms with E-state index in [1.165, 1.54) is 0 Å². The molecule has 0 aliphatic rings. The molecule has 0 saturated carbocycles. The minimum absolute atomic E-state index is 0.257. The third kappa shape index (κ3) is 5.32. The van der Waals surface area contributed by atoms with Crippen molar-refractivity contribution in [3.63, 3.8) is 0 Å². The van der Waals surface area contributed by atoms with Crippen LogP contribution in [0.3, 0.4) is 0 Å². The molecular formula is C11H24BrNO. The van der Waals surface area contributed by atoms with E-state index >= 15 is 0 Å². The molecule has 0 aromatic carbocycles. The highest BCUT2D eigenvalue weighted by atomic mass is 79.9. The number of likely N-dealkylation sites (N-methyl/N-ethyl adjacent to an activating group) is 1. The fraction of sp³-hybridized carbons (Fsp3) is 1.00. The Morgan fingerprint density at radius 2 is 1.93 bits per heavy atom. The highest BCUT2D eigenvalue weighted by molar-refractivity contribution is 9.09. The van der Waals surface area contributed by atoms with Gasteiger partial charge in [0.25, 0.3) is 0 Å². The highest BCUT2D eigenvalue weighted by Gasteiger charge is 2.24. The van der Waals surface area contributed by atoms with Crippen LogP contribution in [-0.4, -0.2) is 41.6 Å². The molecule has 1 unspecified atom stereocenters. The zero-order chi connectivity index (χ0) is 11.2. The first-order valence-corrected chi connectivity index (χ1v) is 6.47. The van der Waals surface area contributed by atoms with Crippen molar-refractivity contribution in [2.45, 2.75) is 27.7 Å². The van der Waals surface area contributed by atoms with Crippen molar-refractivity contribution in [3.8, 4) is 0 Å². The first kappa shape index (κ1) is 14.4. The Labute approximate surface area is 96.8 Å². The Morgan fingerprint density at radius 1 is 1.36 bits per heavy atom. The van der Waals surface area contributed by atoms with Crippen molar-refractivity contribution in [1.29, 1.82) is 0 Å². The molecule has 86 valence electrons. The summed E-state index contributed by atoms with van der Waals surface area (Å²) < 4.78 is 0. The van der Waals surface area contributed by atoms with Crippen LogP contribution in [-0.2, 0) is 0 Å². The molecule has 14 heavy (non-hydrogen) atoms. The molecular weight excluding hydrogens is 242 g/mol.